The minimum absolute atomic E-state index is 0.0778. The van der Waals surface area contributed by atoms with Gasteiger partial charge in [0, 0.05) is 19.3 Å². The van der Waals surface area contributed by atoms with E-state index in [1.807, 2.05) is 0 Å². The Hall–Kier alpha value is -3.15. The lowest BCUT2D eigenvalue weighted by Crippen LogP contribution is -2.30. The molecule has 470 valence electrons. The van der Waals surface area contributed by atoms with Crippen molar-refractivity contribution in [2.75, 3.05) is 13.2 Å². The molecule has 0 N–H and O–H groups in total. The number of ether oxygens (including phenoxy) is 3. The second-order valence-corrected chi connectivity index (χ2v) is 23.8. The minimum Gasteiger partial charge on any atom is -0.462 e. The van der Waals surface area contributed by atoms with Crippen molar-refractivity contribution >= 4 is 17.9 Å². The molecule has 81 heavy (non-hydrogen) atoms. The SMILES string of the molecule is CC/C=C\C/C=C\C/C=C\C/C=C\CCCCCCCCCCC(=O)OC(COC(=O)CCCCCCCCC/C=C\C/C=C\CCCCCC)COC(=O)CCCCCCCCCCCCCCCCCCCCCCCCCC. The van der Waals surface area contributed by atoms with Crippen LogP contribution in [0.5, 0.6) is 0 Å². The summed E-state index contributed by atoms with van der Waals surface area (Å²) in [5.74, 6) is -0.872. The normalized spacial score (nSPS) is 12.5. The Bertz CT molecular complexity index is 1490. The first-order valence-corrected chi connectivity index (χ1v) is 35.4. The maximum atomic E-state index is 13.0. The molecule has 0 aromatic rings. The Kier molecular flexibility index (Phi) is 66.6. The van der Waals surface area contributed by atoms with Gasteiger partial charge in [0.1, 0.15) is 13.2 Å². The molecule has 0 aliphatic rings. The average Bonchev–Trinajstić information content (AvgIpc) is 3.47. The van der Waals surface area contributed by atoms with Gasteiger partial charge in [-0.2, -0.15) is 0 Å². The summed E-state index contributed by atoms with van der Waals surface area (Å²) in [5, 5.41) is 0. The Morgan fingerprint density at radius 3 is 0.765 bits per heavy atom. The number of hydrogen-bond acceptors (Lipinski definition) is 6. The van der Waals surface area contributed by atoms with Gasteiger partial charge < -0.3 is 14.2 Å². The molecule has 1 atom stereocenters. The molecule has 6 nitrogen and oxygen atoms in total. The van der Waals surface area contributed by atoms with Gasteiger partial charge in [-0.25, -0.2) is 0 Å². The van der Waals surface area contributed by atoms with Gasteiger partial charge in [-0.3, -0.25) is 14.4 Å². The third-order valence-corrected chi connectivity index (χ3v) is 15.7. The van der Waals surface area contributed by atoms with Crippen molar-refractivity contribution in [2.24, 2.45) is 0 Å². The van der Waals surface area contributed by atoms with Crippen LogP contribution in [0.3, 0.4) is 0 Å². The lowest BCUT2D eigenvalue weighted by atomic mass is 10.0. The van der Waals surface area contributed by atoms with Crippen molar-refractivity contribution in [3.05, 3.63) is 72.9 Å². The Balaban J connectivity index is 4.34. The van der Waals surface area contributed by atoms with E-state index in [4.69, 9.17) is 14.2 Å². The van der Waals surface area contributed by atoms with E-state index in [2.05, 4.69) is 93.7 Å². The number of unbranched alkanes of at least 4 members (excludes halogenated alkanes) is 42. The second-order valence-electron chi connectivity index (χ2n) is 23.8. The van der Waals surface area contributed by atoms with Gasteiger partial charge in [0.2, 0.25) is 0 Å². The van der Waals surface area contributed by atoms with Gasteiger partial charge in [-0.1, -0.05) is 331 Å². The summed E-state index contributed by atoms with van der Waals surface area (Å²) >= 11 is 0. The maximum absolute atomic E-state index is 13.0. The molecule has 0 aliphatic carbocycles. The molecular formula is C75H134O6. The summed E-state index contributed by atoms with van der Waals surface area (Å²) in [6.45, 7) is 6.56. The van der Waals surface area contributed by atoms with Crippen LogP contribution < -0.4 is 0 Å². The molecule has 6 heteroatoms. The van der Waals surface area contributed by atoms with Crippen LogP contribution >= 0.6 is 0 Å². The zero-order chi connectivity index (χ0) is 58.5. The highest BCUT2D eigenvalue weighted by atomic mass is 16.6. The molecule has 0 saturated heterocycles. The zero-order valence-corrected chi connectivity index (χ0v) is 54.1. The predicted octanol–water partition coefficient (Wildman–Crippen LogP) is 24.4. The first-order chi connectivity index (χ1) is 40.0. The van der Waals surface area contributed by atoms with E-state index in [0.29, 0.717) is 19.3 Å². The molecule has 0 aromatic carbocycles. The first kappa shape index (κ1) is 77.9. The fourth-order valence-corrected chi connectivity index (χ4v) is 10.4. The Labute approximate surface area is 503 Å². The Morgan fingerprint density at radius 2 is 0.481 bits per heavy atom. The van der Waals surface area contributed by atoms with Crippen LogP contribution in [0, 0.1) is 0 Å². The van der Waals surface area contributed by atoms with Gasteiger partial charge in [0.25, 0.3) is 0 Å². The van der Waals surface area contributed by atoms with Gasteiger partial charge in [0.05, 0.1) is 0 Å². The lowest BCUT2D eigenvalue weighted by Gasteiger charge is -2.18. The molecule has 1 unspecified atom stereocenters. The largest absolute Gasteiger partial charge is 0.462 e. The summed E-state index contributed by atoms with van der Waals surface area (Å²) in [5.41, 5.74) is 0. The van der Waals surface area contributed by atoms with Crippen molar-refractivity contribution in [3.8, 4) is 0 Å². The first-order valence-electron chi connectivity index (χ1n) is 35.4. The van der Waals surface area contributed by atoms with E-state index < -0.39 is 6.10 Å². The van der Waals surface area contributed by atoms with Crippen LogP contribution in [-0.2, 0) is 28.6 Å². The summed E-state index contributed by atoms with van der Waals surface area (Å²) in [6.07, 6.45) is 90.6. The molecule has 0 radical (unpaired) electrons. The number of rotatable bonds is 65. The van der Waals surface area contributed by atoms with Crippen LogP contribution in [0.15, 0.2) is 72.9 Å². The number of allylic oxidation sites excluding steroid dienone is 12. The van der Waals surface area contributed by atoms with Crippen LogP contribution in [0.4, 0.5) is 0 Å². The molecular weight excluding hydrogens is 997 g/mol. The topological polar surface area (TPSA) is 78.9 Å². The third-order valence-electron chi connectivity index (χ3n) is 15.7. The van der Waals surface area contributed by atoms with Gasteiger partial charge in [0.15, 0.2) is 6.10 Å². The van der Waals surface area contributed by atoms with Crippen molar-refractivity contribution in [3.63, 3.8) is 0 Å². The molecule has 0 saturated carbocycles. The molecule has 0 fully saturated rings. The smallest absolute Gasteiger partial charge is 0.306 e. The summed E-state index contributed by atoms with van der Waals surface area (Å²) in [4.78, 5) is 38.5. The minimum atomic E-state index is -0.784. The third kappa shape index (κ3) is 67.5. The highest BCUT2D eigenvalue weighted by Gasteiger charge is 2.19. The highest BCUT2D eigenvalue weighted by molar-refractivity contribution is 5.71. The van der Waals surface area contributed by atoms with Crippen LogP contribution in [0.2, 0.25) is 0 Å². The van der Waals surface area contributed by atoms with Crippen molar-refractivity contribution in [1.29, 1.82) is 0 Å². The van der Waals surface area contributed by atoms with Gasteiger partial charge in [-0.15, -0.1) is 0 Å². The van der Waals surface area contributed by atoms with Crippen LogP contribution in [-0.4, -0.2) is 37.2 Å². The van der Waals surface area contributed by atoms with Gasteiger partial charge >= 0.3 is 17.9 Å². The number of carbonyl (C=O) groups excluding carboxylic acids is 3. The van der Waals surface area contributed by atoms with E-state index in [1.165, 1.54) is 225 Å². The predicted molar refractivity (Wildman–Crippen MR) is 353 cm³/mol. The van der Waals surface area contributed by atoms with Crippen molar-refractivity contribution < 1.29 is 28.6 Å². The molecule has 0 amide bonds. The Morgan fingerprint density at radius 1 is 0.259 bits per heavy atom. The molecule has 0 heterocycles. The second kappa shape index (κ2) is 69.3. The zero-order valence-electron chi connectivity index (χ0n) is 54.1. The molecule has 0 rings (SSSR count). The van der Waals surface area contributed by atoms with Crippen molar-refractivity contribution in [1.82, 2.24) is 0 Å². The molecule has 0 aromatic heterocycles. The number of carbonyl (C=O) groups is 3. The number of esters is 3. The quantitative estimate of drug-likeness (QED) is 0.0261. The molecule has 0 bridgehead atoms. The number of hydrogen-bond donors (Lipinski definition) is 0. The van der Waals surface area contributed by atoms with Crippen molar-refractivity contribution in [2.45, 2.75) is 374 Å². The van der Waals surface area contributed by atoms with E-state index in [9.17, 15) is 14.4 Å². The average molecular weight is 1130 g/mol. The van der Waals surface area contributed by atoms with E-state index in [0.717, 1.165) is 103 Å². The van der Waals surface area contributed by atoms with Crippen LogP contribution in [0.25, 0.3) is 0 Å². The maximum Gasteiger partial charge on any atom is 0.306 e. The van der Waals surface area contributed by atoms with E-state index in [1.54, 1.807) is 0 Å². The highest BCUT2D eigenvalue weighted by Crippen LogP contribution is 2.18. The summed E-state index contributed by atoms with van der Waals surface area (Å²) in [6, 6.07) is 0. The summed E-state index contributed by atoms with van der Waals surface area (Å²) < 4.78 is 17.0. The summed E-state index contributed by atoms with van der Waals surface area (Å²) in [7, 11) is 0. The standard InChI is InChI=1S/C75H134O6/c1-4-7-10-13-16-19-22-25-28-31-34-36-37-38-40-41-44-47-50-53-56-59-62-65-68-74(77)80-71-72(70-79-73(76)67-64-61-58-55-52-49-46-43-33-30-27-24-21-18-15-12-9-6-3)81-75(78)69-66-63-60-57-54-51-48-45-42-39-35-32-29-26-23-20-17-14-11-8-5-2/h8,11,17,20-21,24,26,29-30,33,35,39,72H,4-7,9-10,12-16,18-19,22-23,25,27-28,31-32,34,36-38,40-71H2,1-3H3/b11-8-,20-17-,24-21-,29-26-,33-30-,39-35-. The molecule has 0 spiro atoms. The lowest BCUT2D eigenvalue weighted by molar-refractivity contribution is -0.167. The fraction of sp³-hybridized carbons (Fsp3) is 0.800. The van der Waals surface area contributed by atoms with Gasteiger partial charge in [-0.05, 0) is 89.9 Å². The molecule has 0 aliphatic heterocycles. The van der Waals surface area contributed by atoms with Crippen LogP contribution in [0.1, 0.15) is 367 Å². The van der Waals surface area contributed by atoms with E-state index in [-0.39, 0.29) is 31.1 Å². The van der Waals surface area contributed by atoms with E-state index >= 15 is 0 Å². The fourth-order valence-electron chi connectivity index (χ4n) is 10.4. The monoisotopic (exact) mass is 1130 g/mol.